The number of hydrogen-bond acceptors (Lipinski definition) is 3. The number of unbranched alkanes of at least 4 members (excludes halogenated alkanes) is 2. The van der Waals surface area contributed by atoms with Gasteiger partial charge >= 0.3 is 51.4 Å². The minimum absolute atomic E-state index is 0. The van der Waals surface area contributed by atoms with Crippen molar-refractivity contribution in [3.63, 3.8) is 0 Å². The Labute approximate surface area is 340 Å². The standard InChI is InChI=1S/C21H21NO2.C7H7.2C4H10.C3H8.C3H5.C2H6.K/c1-5-16(14(2)3)12-20(15(4)23)19-7-6-18(13-21(19)24)17-8-10-22-11-9-17;1-7-5-3-2-4-6-7;2*1-3-4-2;2*1-3-2;1-2;/h5-13,24H,2H2,1,3-4H3;3-6H,1H3;2*3-4H2,1-2H3;3H2,1-2H3;1H2,2H3;1-2H3;/q;-1;;;;-1;;+1/b16-5-,20-12+;;;;;;;. The van der Waals surface area contributed by atoms with Gasteiger partial charge in [-0.25, -0.2) is 0 Å². The number of aromatic hydroxyl groups is 1. The second-order valence-electron chi connectivity index (χ2n) is 10.2. The summed E-state index contributed by atoms with van der Waals surface area (Å²) < 4.78 is 0. The van der Waals surface area contributed by atoms with Gasteiger partial charge in [0.1, 0.15) is 5.75 Å². The molecule has 0 fully saturated rings. The molecule has 0 spiro atoms. The summed E-state index contributed by atoms with van der Waals surface area (Å²) in [5.74, 6) is -0.0366. The summed E-state index contributed by atoms with van der Waals surface area (Å²) >= 11 is 0. The van der Waals surface area contributed by atoms with E-state index in [-0.39, 0.29) is 62.9 Å². The summed E-state index contributed by atoms with van der Waals surface area (Å²) in [5, 5.41) is 10.4. The van der Waals surface area contributed by atoms with Crippen molar-refractivity contribution >= 4 is 11.4 Å². The molecule has 0 aliphatic heterocycles. The average Bonchev–Trinajstić information content (AvgIpc) is 3.08. The van der Waals surface area contributed by atoms with E-state index in [1.54, 1.807) is 37.5 Å². The van der Waals surface area contributed by atoms with Crippen LogP contribution in [0.1, 0.15) is 126 Å². The number of phenols is 1. The summed E-state index contributed by atoms with van der Waals surface area (Å²) in [7, 11) is 0. The molecule has 0 radical (unpaired) electrons. The van der Waals surface area contributed by atoms with Gasteiger partial charge in [0.05, 0.1) is 0 Å². The van der Waals surface area contributed by atoms with Crippen LogP contribution in [0.25, 0.3) is 16.7 Å². The molecular formula is C44H67KNO2-. The van der Waals surface area contributed by atoms with Crippen molar-refractivity contribution in [2.45, 2.75) is 122 Å². The van der Waals surface area contributed by atoms with E-state index in [9.17, 15) is 9.90 Å². The third kappa shape index (κ3) is 31.0. The van der Waals surface area contributed by atoms with Crippen molar-refractivity contribution in [3.05, 3.63) is 127 Å². The summed E-state index contributed by atoms with van der Waals surface area (Å²) in [5.41, 5.74) is 5.83. The van der Waals surface area contributed by atoms with Crippen LogP contribution in [-0.4, -0.2) is 15.9 Å². The largest absolute Gasteiger partial charge is 1.00 e. The Morgan fingerprint density at radius 1 is 0.875 bits per heavy atom. The van der Waals surface area contributed by atoms with E-state index in [2.05, 4.69) is 78.8 Å². The summed E-state index contributed by atoms with van der Waals surface area (Å²) in [6.45, 7) is 33.2. The van der Waals surface area contributed by atoms with E-state index in [1.165, 1.54) is 44.6 Å². The summed E-state index contributed by atoms with van der Waals surface area (Å²) in [4.78, 5) is 16.1. The van der Waals surface area contributed by atoms with Gasteiger partial charge in [-0.3, -0.25) is 16.4 Å². The van der Waals surface area contributed by atoms with Gasteiger partial charge in [0.25, 0.3) is 0 Å². The first kappa shape index (κ1) is 55.1. The molecule has 3 rings (SSSR count). The molecular weight excluding hydrogens is 614 g/mol. The molecule has 0 saturated heterocycles. The molecule has 0 aliphatic carbocycles. The van der Waals surface area contributed by atoms with E-state index >= 15 is 0 Å². The molecule has 3 nitrogen and oxygen atoms in total. The van der Waals surface area contributed by atoms with Gasteiger partial charge in [-0.1, -0.05) is 119 Å². The Balaban J connectivity index is -0.000000209. The predicted molar refractivity (Wildman–Crippen MR) is 212 cm³/mol. The van der Waals surface area contributed by atoms with Crippen molar-refractivity contribution < 1.29 is 61.3 Å². The van der Waals surface area contributed by atoms with Crippen LogP contribution in [-0.2, 0) is 4.79 Å². The Hall–Kier alpha value is -2.34. The molecule has 0 unspecified atom stereocenters. The molecule has 0 saturated carbocycles. The predicted octanol–water partition coefficient (Wildman–Crippen LogP) is 10.8. The van der Waals surface area contributed by atoms with Crippen LogP contribution in [0, 0.1) is 19.1 Å². The number of ketones is 1. The Morgan fingerprint density at radius 3 is 1.60 bits per heavy atom. The third-order valence-electron chi connectivity index (χ3n) is 5.67. The molecule has 1 heterocycles. The van der Waals surface area contributed by atoms with E-state index < -0.39 is 0 Å². The Bertz CT molecular complexity index is 1220. The van der Waals surface area contributed by atoms with Gasteiger partial charge in [0.2, 0.25) is 0 Å². The van der Waals surface area contributed by atoms with Gasteiger partial charge < -0.3 is 11.2 Å². The molecule has 1 aromatic heterocycles. The molecule has 1 N–H and O–H groups in total. The van der Waals surface area contributed by atoms with E-state index in [4.69, 9.17) is 0 Å². The van der Waals surface area contributed by atoms with Gasteiger partial charge in [0, 0.05) is 23.5 Å². The number of pyridine rings is 1. The second kappa shape index (κ2) is 40.8. The molecule has 0 bridgehead atoms. The third-order valence-corrected chi connectivity index (χ3v) is 5.67. The number of Topliss-reactive ketones (excluding diaryl/α,β-unsaturated/α-hetero) is 1. The topological polar surface area (TPSA) is 50.2 Å². The van der Waals surface area contributed by atoms with Crippen LogP contribution >= 0.6 is 0 Å². The monoisotopic (exact) mass is 680 g/mol. The minimum Gasteiger partial charge on any atom is -0.507 e. The molecule has 0 atom stereocenters. The van der Waals surface area contributed by atoms with Crippen LogP contribution in [0.15, 0.2) is 103 Å². The maximum Gasteiger partial charge on any atom is 1.00 e. The minimum atomic E-state index is -0.109. The molecule has 0 amide bonds. The number of carbonyl (C=O) groups excluding carboxylic acids is 1. The van der Waals surface area contributed by atoms with E-state index in [0.717, 1.165) is 22.3 Å². The van der Waals surface area contributed by atoms with Gasteiger partial charge in [-0.2, -0.15) is 42.8 Å². The maximum absolute atomic E-state index is 12.1. The zero-order chi connectivity index (χ0) is 37.0. The van der Waals surface area contributed by atoms with Crippen LogP contribution in [0.4, 0.5) is 0 Å². The smallest absolute Gasteiger partial charge is 0.507 e. The fourth-order valence-electron chi connectivity index (χ4n) is 2.93. The Morgan fingerprint density at radius 2 is 1.31 bits per heavy atom. The zero-order valence-corrected chi connectivity index (χ0v) is 36.4. The number of benzene rings is 2. The van der Waals surface area contributed by atoms with Crippen molar-refractivity contribution in [1.29, 1.82) is 0 Å². The molecule has 4 heteroatoms. The molecule has 2 aromatic carbocycles. The van der Waals surface area contributed by atoms with Crippen molar-refractivity contribution in [2.75, 3.05) is 0 Å². The van der Waals surface area contributed by atoms with Gasteiger partial charge in [0.15, 0.2) is 5.78 Å². The van der Waals surface area contributed by atoms with E-state index in [1.807, 2.05) is 76.2 Å². The van der Waals surface area contributed by atoms with Crippen molar-refractivity contribution in [3.8, 4) is 16.9 Å². The number of nitrogens with zero attached hydrogens (tertiary/aromatic N) is 1. The first-order valence-electron chi connectivity index (χ1n) is 17.1. The van der Waals surface area contributed by atoms with Crippen molar-refractivity contribution in [2.24, 2.45) is 0 Å². The fourth-order valence-corrected chi connectivity index (χ4v) is 2.93. The number of phenolic OH excluding ortho intramolecular Hbond substituents is 1. The summed E-state index contributed by atoms with van der Waals surface area (Å²) in [6, 6.07) is 19.9. The number of aromatic nitrogens is 1. The van der Waals surface area contributed by atoms with Crippen molar-refractivity contribution in [1.82, 2.24) is 4.98 Å². The SMILES string of the molecule is C=C(C)C(=C\C)/C=C(\C(C)=O)c1ccc(-c2ccncc2)cc1O.C=[C-]C.CC.CCC.CCCC.CCCC.Cc1cc[c-]cc1.[K+]. The fraction of sp³-hybridized carbons (Fsp3) is 0.409. The van der Waals surface area contributed by atoms with Crippen LogP contribution < -0.4 is 51.4 Å². The quantitative estimate of drug-likeness (QED) is 0.117. The first-order valence-corrected chi connectivity index (χ1v) is 17.1. The first-order chi connectivity index (χ1) is 22.5. The number of hydrogen-bond donors (Lipinski definition) is 1. The van der Waals surface area contributed by atoms with E-state index in [0.29, 0.717) is 11.1 Å². The molecule has 3 aromatic rings. The Kier molecular flexibility index (Phi) is 46.9. The van der Waals surface area contributed by atoms with Crippen LogP contribution in [0.5, 0.6) is 5.75 Å². The zero-order valence-electron chi connectivity index (χ0n) is 33.3. The number of carbonyl (C=O) groups is 1. The van der Waals surface area contributed by atoms with Gasteiger partial charge in [-0.05, 0) is 67.8 Å². The molecule has 262 valence electrons. The number of aryl methyl sites for hydroxylation is 1. The molecule has 0 aliphatic rings. The molecule has 48 heavy (non-hydrogen) atoms. The van der Waals surface area contributed by atoms with Gasteiger partial charge in [-0.15, -0.1) is 0 Å². The second-order valence-corrected chi connectivity index (χ2v) is 10.2. The van der Waals surface area contributed by atoms with Crippen LogP contribution in [0.3, 0.4) is 0 Å². The van der Waals surface area contributed by atoms with Crippen LogP contribution in [0.2, 0.25) is 0 Å². The number of allylic oxidation sites excluding steroid dienone is 6. The number of rotatable bonds is 7. The normalized spacial score (nSPS) is 9.35. The maximum atomic E-state index is 12.1. The summed E-state index contributed by atoms with van der Waals surface area (Å²) in [6.07, 6.45) is 16.1. The average molecular weight is 681 g/mol.